The highest BCUT2D eigenvalue weighted by atomic mass is 19.4. The van der Waals surface area contributed by atoms with Gasteiger partial charge in [-0.3, -0.25) is 0 Å². The molecule has 0 aliphatic heterocycles. The van der Waals surface area contributed by atoms with E-state index in [0.29, 0.717) is 29.7 Å². The van der Waals surface area contributed by atoms with Crippen LogP contribution in [0.1, 0.15) is 25.1 Å². The maximum Gasteiger partial charge on any atom is 0.416 e. The van der Waals surface area contributed by atoms with Crippen LogP contribution in [0.25, 0.3) is 11.5 Å². The molecule has 0 bridgehead atoms. The van der Waals surface area contributed by atoms with Gasteiger partial charge in [-0.25, -0.2) is 4.98 Å². The first-order valence-electron chi connectivity index (χ1n) is 6.21. The largest absolute Gasteiger partial charge is 0.444 e. The van der Waals surface area contributed by atoms with Crippen molar-refractivity contribution in [3.05, 3.63) is 41.8 Å². The second-order valence-electron chi connectivity index (χ2n) is 4.75. The molecule has 0 radical (unpaired) electrons. The molecule has 0 aliphatic rings. The average molecular weight is 284 g/mol. The molecule has 0 spiro atoms. The summed E-state index contributed by atoms with van der Waals surface area (Å²) in [4.78, 5) is 4.23. The minimum atomic E-state index is -4.33. The molecule has 1 aromatic carbocycles. The first-order valence-corrected chi connectivity index (χ1v) is 6.21. The number of rotatable bonds is 4. The van der Waals surface area contributed by atoms with Crippen LogP contribution in [-0.2, 0) is 12.7 Å². The number of benzene rings is 1. The number of oxazole rings is 1. The van der Waals surface area contributed by atoms with E-state index in [1.165, 1.54) is 18.4 Å². The lowest BCUT2D eigenvalue weighted by Gasteiger charge is -2.06. The number of nitrogens with one attached hydrogen (secondary N) is 1. The van der Waals surface area contributed by atoms with Crippen molar-refractivity contribution in [3.63, 3.8) is 0 Å². The smallest absolute Gasteiger partial charge is 0.416 e. The van der Waals surface area contributed by atoms with Crippen LogP contribution in [0.15, 0.2) is 34.9 Å². The maximum absolute atomic E-state index is 12.5. The molecule has 0 atom stereocenters. The first-order chi connectivity index (χ1) is 9.36. The van der Waals surface area contributed by atoms with Crippen LogP contribution in [-0.4, -0.2) is 11.0 Å². The first kappa shape index (κ1) is 14.6. The van der Waals surface area contributed by atoms with Crippen molar-refractivity contribution in [3.8, 4) is 11.5 Å². The van der Waals surface area contributed by atoms with E-state index in [1.54, 1.807) is 0 Å². The fourth-order valence-electron chi connectivity index (χ4n) is 1.63. The Morgan fingerprint density at radius 2 is 1.85 bits per heavy atom. The van der Waals surface area contributed by atoms with Crippen molar-refractivity contribution in [2.75, 3.05) is 0 Å². The molecule has 20 heavy (non-hydrogen) atoms. The summed E-state index contributed by atoms with van der Waals surface area (Å²) in [6.45, 7) is 4.58. The Hall–Kier alpha value is -1.82. The van der Waals surface area contributed by atoms with Crippen LogP contribution >= 0.6 is 0 Å². The Kier molecular flexibility index (Phi) is 4.13. The summed E-state index contributed by atoms with van der Waals surface area (Å²) in [7, 11) is 0. The zero-order valence-electron chi connectivity index (χ0n) is 11.2. The Morgan fingerprint density at radius 1 is 1.20 bits per heavy atom. The molecule has 1 N–H and O–H groups in total. The molecule has 1 heterocycles. The van der Waals surface area contributed by atoms with E-state index in [1.807, 2.05) is 13.8 Å². The quantitative estimate of drug-likeness (QED) is 0.926. The van der Waals surface area contributed by atoms with Gasteiger partial charge in [0.15, 0.2) is 0 Å². The van der Waals surface area contributed by atoms with Crippen molar-refractivity contribution in [1.82, 2.24) is 10.3 Å². The van der Waals surface area contributed by atoms with Crippen LogP contribution in [0.2, 0.25) is 0 Å². The summed E-state index contributed by atoms with van der Waals surface area (Å²) < 4.78 is 42.6. The highest BCUT2D eigenvalue weighted by Crippen LogP contribution is 2.30. The Labute approximate surface area is 114 Å². The second kappa shape index (κ2) is 5.66. The number of aromatic nitrogens is 1. The van der Waals surface area contributed by atoms with Crippen LogP contribution in [0.4, 0.5) is 13.2 Å². The van der Waals surface area contributed by atoms with E-state index in [2.05, 4.69) is 10.3 Å². The van der Waals surface area contributed by atoms with E-state index < -0.39 is 11.7 Å². The summed E-state index contributed by atoms with van der Waals surface area (Å²) >= 11 is 0. The lowest BCUT2D eigenvalue weighted by Crippen LogP contribution is -2.21. The summed E-state index contributed by atoms with van der Waals surface area (Å²) in [5.74, 6) is 0.319. The van der Waals surface area contributed by atoms with E-state index in [9.17, 15) is 13.2 Å². The van der Waals surface area contributed by atoms with E-state index in [0.717, 1.165) is 12.1 Å². The molecule has 0 fully saturated rings. The van der Waals surface area contributed by atoms with Crippen LogP contribution in [0, 0.1) is 0 Å². The minimum absolute atomic E-state index is 0.319. The predicted octanol–water partition coefficient (Wildman–Crippen LogP) is 3.86. The van der Waals surface area contributed by atoms with Gasteiger partial charge in [-0.2, -0.15) is 13.2 Å². The third-order valence-electron chi connectivity index (χ3n) is 2.70. The molecular formula is C14H15F3N2O. The van der Waals surface area contributed by atoms with Gasteiger partial charge in [0.05, 0.1) is 11.3 Å². The van der Waals surface area contributed by atoms with Gasteiger partial charge in [-0.15, -0.1) is 0 Å². The third kappa shape index (κ3) is 3.60. The number of halogens is 3. The van der Waals surface area contributed by atoms with Gasteiger partial charge in [0.1, 0.15) is 6.26 Å². The van der Waals surface area contributed by atoms with Gasteiger partial charge in [0, 0.05) is 18.2 Å². The van der Waals surface area contributed by atoms with E-state index in [4.69, 9.17) is 4.42 Å². The van der Waals surface area contributed by atoms with Crippen molar-refractivity contribution in [2.45, 2.75) is 32.6 Å². The molecule has 1 aromatic heterocycles. The fourth-order valence-corrected chi connectivity index (χ4v) is 1.63. The van der Waals surface area contributed by atoms with E-state index >= 15 is 0 Å². The molecule has 0 unspecified atom stereocenters. The Morgan fingerprint density at radius 3 is 2.40 bits per heavy atom. The molecule has 0 saturated carbocycles. The molecule has 6 heteroatoms. The SMILES string of the molecule is CC(C)NCc1coc(-c2ccc(C(F)(F)F)cc2)n1. The highest BCUT2D eigenvalue weighted by molar-refractivity contribution is 5.53. The minimum Gasteiger partial charge on any atom is -0.444 e. The standard InChI is InChI=1S/C14H15F3N2O/c1-9(2)18-7-12-8-20-13(19-12)10-3-5-11(6-4-10)14(15,16)17/h3-6,8-9,18H,7H2,1-2H3. The molecule has 108 valence electrons. The average Bonchev–Trinajstić information content (AvgIpc) is 2.84. The van der Waals surface area contributed by atoms with E-state index in [-0.39, 0.29) is 0 Å². The van der Waals surface area contributed by atoms with Gasteiger partial charge < -0.3 is 9.73 Å². The monoisotopic (exact) mass is 284 g/mol. The normalized spacial score (nSPS) is 12.1. The molecule has 2 rings (SSSR count). The summed E-state index contributed by atoms with van der Waals surface area (Å²) in [6.07, 6.45) is -2.83. The topological polar surface area (TPSA) is 38.1 Å². The predicted molar refractivity (Wildman–Crippen MR) is 68.9 cm³/mol. The lowest BCUT2D eigenvalue weighted by molar-refractivity contribution is -0.137. The second-order valence-corrected chi connectivity index (χ2v) is 4.75. The Balaban J connectivity index is 2.12. The maximum atomic E-state index is 12.5. The zero-order chi connectivity index (χ0) is 14.8. The highest BCUT2D eigenvalue weighted by Gasteiger charge is 2.30. The lowest BCUT2D eigenvalue weighted by atomic mass is 10.1. The summed E-state index contributed by atoms with van der Waals surface area (Å²) in [6, 6.07) is 5.07. The number of hydrogen-bond donors (Lipinski definition) is 1. The molecule has 2 aromatic rings. The number of hydrogen-bond acceptors (Lipinski definition) is 3. The molecule has 3 nitrogen and oxygen atoms in total. The summed E-state index contributed by atoms with van der Waals surface area (Å²) in [5, 5.41) is 3.18. The van der Waals surface area contributed by atoms with Crippen LogP contribution in [0.5, 0.6) is 0 Å². The van der Waals surface area contributed by atoms with Crippen molar-refractivity contribution < 1.29 is 17.6 Å². The molecule has 0 amide bonds. The van der Waals surface area contributed by atoms with Crippen LogP contribution in [0.3, 0.4) is 0 Å². The zero-order valence-corrected chi connectivity index (χ0v) is 11.2. The number of nitrogens with zero attached hydrogens (tertiary/aromatic N) is 1. The van der Waals surface area contributed by atoms with Gasteiger partial charge in [0.25, 0.3) is 0 Å². The Bertz CT molecular complexity index is 559. The third-order valence-corrected chi connectivity index (χ3v) is 2.70. The fraction of sp³-hybridized carbons (Fsp3) is 0.357. The van der Waals surface area contributed by atoms with Gasteiger partial charge in [-0.05, 0) is 24.3 Å². The molecular weight excluding hydrogens is 269 g/mol. The van der Waals surface area contributed by atoms with Gasteiger partial charge in [-0.1, -0.05) is 13.8 Å². The van der Waals surface area contributed by atoms with Gasteiger partial charge >= 0.3 is 6.18 Å². The summed E-state index contributed by atoms with van der Waals surface area (Å²) in [5.41, 5.74) is 0.553. The molecule has 0 aliphatic carbocycles. The molecule has 0 saturated heterocycles. The van der Waals surface area contributed by atoms with Crippen LogP contribution < -0.4 is 5.32 Å². The number of alkyl halides is 3. The van der Waals surface area contributed by atoms with Crippen molar-refractivity contribution >= 4 is 0 Å². The van der Waals surface area contributed by atoms with Crippen molar-refractivity contribution in [1.29, 1.82) is 0 Å². The van der Waals surface area contributed by atoms with Gasteiger partial charge in [0.2, 0.25) is 5.89 Å². The van der Waals surface area contributed by atoms with Crippen molar-refractivity contribution in [2.24, 2.45) is 0 Å².